The molecule has 35 heavy (non-hydrogen) atoms. The lowest BCUT2D eigenvalue weighted by Crippen LogP contribution is -2.51. The zero-order valence-electron chi connectivity index (χ0n) is 22.2. The third-order valence-electron chi connectivity index (χ3n) is 10.1. The molecule has 0 bridgehead atoms. The van der Waals surface area contributed by atoms with Crippen LogP contribution in [0.15, 0.2) is 47.1 Å². The first kappa shape index (κ1) is 24.4. The number of ketones is 1. The van der Waals surface area contributed by atoms with Gasteiger partial charge in [0.15, 0.2) is 5.78 Å². The molecule has 2 fully saturated rings. The number of carbonyl (C=O) groups is 1. The number of fused-ring (bicyclic) bond motifs is 4. The number of carbonyl (C=O) groups excluding carboxylic acids is 1. The van der Waals surface area contributed by atoms with Crippen molar-refractivity contribution in [2.45, 2.75) is 96.6 Å². The summed E-state index contributed by atoms with van der Waals surface area (Å²) < 4.78 is 0. The van der Waals surface area contributed by atoms with Crippen molar-refractivity contribution in [2.75, 3.05) is 11.9 Å². The van der Waals surface area contributed by atoms with Gasteiger partial charge >= 0.3 is 0 Å². The topological polar surface area (TPSA) is 40.5 Å². The van der Waals surface area contributed by atoms with Crippen LogP contribution in [-0.2, 0) is 4.79 Å². The van der Waals surface area contributed by atoms with Crippen molar-refractivity contribution in [1.82, 2.24) is 0 Å². The van der Waals surface area contributed by atoms with Crippen LogP contribution in [0, 0.1) is 29.1 Å². The Morgan fingerprint density at radius 1 is 1.14 bits per heavy atom. The van der Waals surface area contributed by atoms with E-state index in [-0.39, 0.29) is 17.1 Å². The monoisotopic (exact) mass is 471 g/mol. The number of hydrogen-bond acceptors (Lipinski definition) is 3. The van der Waals surface area contributed by atoms with E-state index >= 15 is 0 Å². The molecule has 3 heteroatoms. The van der Waals surface area contributed by atoms with Crippen LogP contribution in [0.3, 0.4) is 0 Å². The summed E-state index contributed by atoms with van der Waals surface area (Å²) in [6.07, 6.45) is 8.99. The van der Waals surface area contributed by atoms with Gasteiger partial charge < -0.3 is 10.0 Å². The van der Waals surface area contributed by atoms with Crippen molar-refractivity contribution in [2.24, 2.45) is 17.3 Å². The highest BCUT2D eigenvalue weighted by molar-refractivity contribution is 5.93. The van der Waals surface area contributed by atoms with E-state index in [1.165, 1.54) is 22.4 Å². The molecular weight excluding hydrogens is 430 g/mol. The van der Waals surface area contributed by atoms with Crippen molar-refractivity contribution in [3.63, 3.8) is 0 Å². The van der Waals surface area contributed by atoms with Gasteiger partial charge in [0, 0.05) is 43.0 Å². The van der Waals surface area contributed by atoms with Crippen molar-refractivity contribution in [1.29, 1.82) is 0 Å². The standard InChI is InChI=1S/C32H41NO2/c1-6-7-17-32(35)18-16-29-27-14-10-23-19-25(34)13-15-26(23)30(27)28(20-31(29,32)4)22-8-11-24(12-9-22)33(5)21(2)3/h8-9,11-12,19,21,27-29,35H,10,13-18,20H2,1-5H3/t27-,28+,29-,31-,32-/m0/s1. The summed E-state index contributed by atoms with van der Waals surface area (Å²) in [5, 5.41) is 12.0. The molecule has 1 N–H and O–H groups in total. The van der Waals surface area contributed by atoms with E-state index in [0.717, 1.165) is 38.5 Å². The second kappa shape index (κ2) is 8.97. The van der Waals surface area contributed by atoms with Crippen LogP contribution in [0.2, 0.25) is 0 Å². The summed E-state index contributed by atoms with van der Waals surface area (Å²) in [7, 11) is 2.15. The summed E-state index contributed by atoms with van der Waals surface area (Å²) >= 11 is 0. The van der Waals surface area contributed by atoms with Gasteiger partial charge in [-0.25, -0.2) is 0 Å². The lowest BCUT2D eigenvalue weighted by Gasteiger charge is -2.54. The molecule has 1 aromatic rings. The molecule has 0 aliphatic heterocycles. The molecule has 5 atom stereocenters. The third kappa shape index (κ3) is 3.89. The fourth-order valence-electron chi connectivity index (χ4n) is 7.82. The molecule has 186 valence electrons. The Kier molecular flexibility index (Phi) is 6.25. The van der Waals surface area contributed by atoms with Crippen LogP contribution in [0.25, 0.3) is 0 Å². The number of allylic oxidation sites excluding steroid dienone is 4. The maximum Gasteiger partial charge on any atom is 0.156 e. The largest absolute Gasteiger partial charge is 0.388 e. The third-order valence-corrected chi connectivity index (χ3v) is 10.1. The van der Waals surface area contributed by atoms with E-state index in [4.69, 9.17) is 0 Å². The van der Waals surface area contributed by atoms with Gasteiger partial charge in [-0.1, -0.05) is 24.6 Å². The van der Waals surface area contributed by atoms with Gasteiger partial charge in [-0.2, -0.15) is 0 Å². The lowest BCUT2D eigenvalue weighted by molar-refractivity contribution is -0.114. The molecule has 5 rings (SSSR count). The molecular formula is C32H41NO2. The highest BCUT2D eigenvalue weighted by Gasteiger charge is 2.62. The molecule has 0 unspecified atom stereocenters. The van der Waals surface area contributed by atoms with Crippen LogP contribution < -0.4 is 4.90 Å². The number of aliphatic hydroxyl groups is 1. The van der Waals surface area contributed by atoms with E-state index in [0.29, 0.717) is 30.7 Å². The molecule has 0 spiro atoms. The minimum absolute atomic E-state index is 0.157. The number of rotatable bonds is 4. The molecule has 0 saturated heterocycles. The first-order chi connectivity index (χ1) is 16.7. The average molecular weight is 472 g/mol. The second-order valence-electron chi connectivity index (χ2n) is 12.0. The maximum atomic E-state index is 12.3. The minimum Gasteiger partial charge on any atom is -0.388 e. The highest BCUT2D eigenvalue weighted by Crippen LogP contribution is 2.67. The number of anilines is 1. The second-order valence-corrected chi connectivity index (χ2v) is 12.0. The highest BCUT2D eigenvalue weighted by atomic mass is 16.3. The Hall–Kier alpha value is -2.31. The maximum absolute atomic E-state index is 12.3. The van der Waals surface area contributed by atoms with Gasteiger partial charge in [-0.3, -0.25) is 4.79 Å². The van der Waals surface area contributed by atoms with E-state index in [1.807, 2.05) is 13.0 Å². The van der Waals surface area contributed by atoms with Crippen LogP contribution in [-0.4, -0.2) is 29.6 Å². The molecule has 1 aromatic carbocycles. The van der Waals surface area contributed by atoms with Gasteiger partial charge in [0.05, 0.1) is 5.60 Å². The Bertz CT molecular complexity index is 1130. The van der Waals surface area contributed by atoms with Crippen molar-refractivity contribution in [3.05, 3.63) is 52.6 Å². The van der Waals surface area contributed by atoms with E-state index < -0.39 is 5.60 Å². The van der Waals surface area contributed by atoms with Gasteiger partial charge in [0.25, 0.3) is 0 Å². The van der Waals surface area contributed by atoms with Crippen LogP contribution in [0.1, 0.15) is 90.5 Å². The quantitative estimate of drug-likeness (QED) is 0.505. The van der Waals surface area contributed by atoms with Crippen molar-refractivity contribution < 1.29 is 9.90 Å². The van der Waals surface area contributed by atoms with E-state index in [9.17, 15) is 9.90 Å². The average Bonchev–Trinajstić information content (AvgIpc) is 3.12. The molecule has 4 aliphatic carbocycles. The minimum atomic E-state index is -0.731. The lowest BCUT2D eigenvalue weighted by atomic mass is 9.51. The van der Waals surface area contributed by atoms with Crippen molar-refractivity contribution >= 4 is 11.5 Å². The van der Waals surface area contributed by atoms with Gasteiger partial charge in [-0.15, -0.1) is 11.8 Å². The van der Waals surface area contributed by atoms with Gasteiger partial charge in [0.2, 0.25) is 0 Å². The van der Waals surface area contributed by atoms with Gasteiger partial charge in [-0.05, 0) is 106 Å². The molecule has 0 aromatic heterocycles. The summed E-state index contributed by atoms with van der Waals surface area (Å²) in [6.45, 7) is 8.66. The van der Waals surface area contributed by atoms with E-state index in [1.54, 1.807) is 5.57 Å². The smallest absolute Gasteiger partial charge is 0.156 e. The predicted octanol–water partition coefficient (Wildman–Crippen LogP) is 6.58. The van der Waals surface area contributed by atoms with Crippen LogP contribution >= 0.6 is 0 Å². The molecule has 0 radical (unpaired) electrons. The molecule has 3 nitrogen and oxygen atoms in total. The van der Waals surface area contributed by atoms with Gasteiger partial charge in [0.1, 0.15) is 0 Å². The Morgan fingerprint density at radius 3 is 2.57 bits per heavy atom. The van der Waals surface area contributed by atoms with E-state index in [2.05, 4.69) is 68.8 Å². The summed E-state index contributed by atoms with van der Waals surface area (Å²) in [5.41, 5.74) is 6.06. The molecule has 0 amide bonds. The number of hydrogen-bond donors (Lipinski definition) is 1. The zero-order chi connectivity index (χ0) is 25.0. The molecule has 2 saturated carbocycles. The summed E-state index contributed by atoms with van der Waals surface area (Å²) in [4.78, 5) is 14.6. The first-order valence-corrected chi connectivity index (χ1v) is 13.6. The molecule has 0 heterocycles. The Morgan fingerprint density at radius 2 is 1.89 bits per heavy atom. The Balaban J connectivity index is 1.62. The van der Waals surface area contributed by atoms with Crippen molar-refractivity contribution in [3.8, 4) is 11.8 Å². The van der Waals surface area contributed by atoms with Crippen LogP contribution in [0.4, 0.5) is 5.69 Å². The number of benzene rings is 1. The van der Waals surface area contributed by atoms with Crippen LogP contribution in [0.5, 0.6) is 0 Å². The zero-order valence-corrected chi connectivity index (χ0v) is 22.2. The SMILES string of the molecule is CC#CC[C@]1(O)CC[C@H]2[C@@H]3CCC4=CC(=O)CCC4=C3[C@@H](c3ccc(N(C)C(C)C)cc3)C[C@@]21C. The summed E-state index contributed by atoms with van der Waals surface area (Å²) in [5.74, 6) is 7.81. The molecule has 4 aliphatic rings. The first-order valence-electron chi connectivity index (χ1n) is 13.6. The predicted molar refractivity (Wildman–Crippen MR) is 143 cm³/mol. The fourth-order valence-corrected chi connectivity index (χ4v) is 7.82. The Labute approximate surface area is 211 Å². The normalized spacial score (nSPS) is 34.0. The number of nitrogens with zero attached hydrogens (tertiary/aromatic N) is 1. The fraction of sp³-hybridized carbons (Fsp3) is 0.594. The summed E-state index contributed by atoms with van der Waals surface area (Å²) in [6, 6.07) is 9.61.